The van der Waals surface area contributed by atoms with Crippen LogP contribution in [0.1, 0.15) is 30.1 Å². The molecule has 1 aromatic rings. The number of hydrogen-bond donors (Lipinski definition) is 0. The van der Waals surface area contributed by atoms with Crippen LogP contribution in [-0.4, -0.2) is 71.7 Å². The summed E-state index contributed by atoms with van der Waals surface area (Å²) in [4.78, 5) is 42.1. The predicted octanol–water partition coefficient (Wildman–Crippen LogP) is 2.02. The van der Waals surface area contributed by atoms with Gasteiger partial charge in [-0.2, -0.15) is 0 Å². The molecular weight excluding hydrogens is 373 g/mol. The lowest BCUT2D eigenvalue weighted by Gasteiger charge is -2.39. The van der Waals surface area contributed by atoms with Crippen LogP contribution < -0.4 is 0 Å². The van der Waals surface area contributed by atoms with E-state index in [4.69, 9.17) is 11.6 Å². The van der Waals surface area contributed by atoms with Crippen LogP contribution in [0.3, 0.4) is 0 Å². The standard InChI is InChI=1S/C19H23ClFN3O3/c1-13(25)24-6-2-3-14(12-24)18(26)22-7-9-23(10-8-22)19(27)16-5-4-15(21)11-17(16)20/h4-5,11,14H,2-3,6-10,12H2,1H3. The van der Waals surface area contributed by atoms with Gasteiger partial charge in [-0.15, -0.1) is 0 Å². The minimum absolute atomic E-state index is 0.000840. The normalized spacial score (nSPS) is 20.6. The van der Waals surface area contributed by atoms with Gasteiger partial charge in [0.2, 0.25) is 11.8 Å². The first-order valence-electron chi connectivity index (χ1n) is 9.15. The molecule has 2 aliphatic heterocycles. The smallest absolute Gasteiger partial charge is 0.255 e. The van der Waals surface area contributed by atoms with Crippen molar-refractivity contribution in [1.29, 1.82) is 0 Å². The average Bonchev–Trinajstić information content (AvgIpc) is 2.67. The summed E-state index contributed by atoms with van der Waals surface area (Å²) in [6.45, 7) is 4.40. The van der Waals surface area contributed by atoms with Crippen molar-refractivity contribution in [3.8, 4) is 0 Å². The lowest BCUT2D eigenvalue weighted by molar-refractivity contribution is -0.141. The molecule has 1 atom stereocenters. The number of nitrogens with zero attached hydrogens (tertiary/aromatic N) is 3. The molecule has 6 nitrogen and oxygen atoms in total. The molecule has 2 saturated heterocycles. The molecule has 3 rings (SSSR count). The Bertz CT molecular complexity index is 750. The van der Waals surface area contributed by atoms with E-state index in [0.717, 1.165) is 18.9 Å². The van der Waals surface area contributed by atoms with Crippen molar-refractivity contribution in [2.75, 3.05) is 39.3 Å². The van der Waals surface area contributed by atoms with Gasteiger partial charge in [-0.25, -0.2) is 4.39 Å². The molecule has 0 aromatic heterocycles. The van der Waals surface area contributed by atoms with Crippen LogP contribution in [0.25, 0.3) is 0 Å². The topological polar surface area (TPSA) is 60.9 Å². The van der Waals surface area contributed by atoms with E-state index in [-0.39, 0.29) is 34.2 Å². The van der Waals surface area contributed by atoms with Crippen molar-refractivity contribution in [2.24, 2.45) is 5.92 Å². The number of amides is 3. The van der Waals surface area contributed by atoms with Crippen LogP contribution in [0.15, 0.2) is 18.2 Å². The van der Waals surface area contributed by atoms with E-state index in [0.29, 0.717) is 39.3 Å². The summed E-state index contributed by atoms with van der Waals surface area (Å²) in [5, 5.41) is 0.0880. The summed E-state index contributed by atoms with van der Waals surface area (Å²) in [5.74, 6) is -0.866. The van der Waals surface area contributed by atoms with Gasteiger partial charge < -0.3 is 14.7 Å². The van der Waals surface area contributed by atoms with Crippen molar-refractivity contribution in [3.63, 3.8) is 0 Å². The lowest BCUT2D eigenvalue weighted by atomic mass is 9.96. The van der Waals surface area contributed by atoms with Crippen molar-refractivity contribution < 1.29 is 18.8 Å². The minimum atomic E-state index is -0.487. The molecule has 3 amide bonds. The van der Waals surface area contributed by atoms with E-state index in [2.05, 4.69) is 0 Å². The highest BCUT2D eigenvalue weighted by molar-refractivity contribution is 6.33. The fraction of sp³-hybridized carbons (Fsp3) is 0.526. The third-order valence-corrected chi connectivity index (χ3v) is 5.57. The highest BCUT2D eigenvalue weighted by Gasteiger charge is 2.32. The van der Waals surface area contributed by atoms with E-state index in [1.165, 1.54) is 19.1 Å². The van der Waals surface area contributed by atoms with Crippen LogP contribution in [0.4, 0.5) is 4.39 Å². The van der Waals surface area contributed by atoms with E-state index in [9.17, 15) is 18.8 Å². The molecule has 146 valence electrons. The number of likely N-dealkylation sites (tertiary alicyclic amines) is 1. The molecule has 2 fully saturated rings. The van der Waals surface area contributed by atoms with Crippen molar-refractivity contribution in [2.45, 2.75) is 19.8 Å². The Balaban J connectivity index is 1.57. The fourth-order valence-electron chi connectivity index (χ4n) is 3.69. The Kier molecular flexibility index (Phi) is 5.99. The maximum Gasteiger partial charge on any atom is 0.255 e. The maximum absolute atomic E-state index is 13.2. The number of piperidine rings is 1. The van der Waals surface area contributed by atoms with E-state index in [1.807, 2.05) is 0 Å². The van der Waals surface area contributed by atoms with Gasteiger partial charge in [-0.05, 0) is 31.0 Å². The average molecular weight is 396 g/mol. The summed E-state index contributed by atoms with van der Waals surface area (Å²) in [6.07, 6.45) is 1.62. The molecular formula is C19H23ClFN3O3. The number of carbonyl (C=O) groups is 3. The number of carbonyl (C=O) groups excluding carboxylic acids is 3. The second-order valence-electron chi connectivity index (χ2n) is 7.05. The van der Waals surface area contributed by atoms with Gasteiger partial charge in [0.1, 0.15) is 5.82 Å². The minimum Gasteiger partial charge on any atom is -0.342 e. The third kappa shape index (κ3) is 4.40. The number of hydrogen-bond acceptors (Lipinski definition) is 3. The molecule has 0 bridgehead atoms. The largest absolute Gasteiger partial charge is 0.342 e. The van der Waals surface area contributed by atoms with E-state index >= 15 is 0 Å². The van der Waals surface area contributed by atoms with E-state index < -0.39 is 5.82 Å². The number of benzene rings is 1. The van der Waals surface area contributed by atoms with Crippen LogP contribution in [0.5, 0.6) is 0 Å². The molecule has 27 heavy (non-hydrogen) atoms. The number of piperazine rings is 1. The molecule has 1 unspecified atom stereocenters. The quantitative estimate of drug-likeness (QED) is 0.769. The summed E-state index contributed by atoms with van der Waals surface area (Å²) < 4.78 is 13.2. The zero-order valence-corrected chi connectivity index (χ0v) is 16.0. The van der Waals surface area contributed by atoms with Gasteiger partial charge >= 0.3 is 0 Å². The summed E-state index contributed by atoms with van der Waals surface area (Å²) in [7, 11) is 0. The van der Waals surface area contributed by atoms with Gasteiger partial charge in [-0.1, -0.05) is 11.6 Å². The highest BCUT2D eigenvalue weighted by Crippen LogP contribution is 2.22. The first-order chi connectivity index (χ1) is 12.9. The molecule has 0 N–H and O–H groups in total. The Morgan fingerprint density at radius 3 is 2.33 bits per heavy atom. The van der Waals surface area contributed by atoms with Crippen LogP contribution in [-0.2, 0) is 9.59 Å². The summed E-state index contributed by atoms with van der Waals surface area (Å²) >= 11 is 5.98. The van der Waals surface area contributed by atoms with Gasteiger partial charge in [0.15, 0.2) is 0 Å². The maximum atomic E-state index is 13.2. The van der Waals surface area contributed by atoms with Crippen LogP contribution in [0, 0.1) is 11.7 Å². The Labute approximate surface area is 162 Å². The van der Waals surface area contributed by atoms with Crippen molar-refractivity contribution in [1.82, 2.24) is 14.7 Å². The highest BCUT2D eigenvalue weighted by atomic mass is 35.5. The summed E-state index contributed by atoms with van der Waals surface area (Å²) in [6, 6.07) is 3.72. The molecule has 0 aliphatic carbocycles. The van der Waals surface area contributed by atoms with Gasteiger partial charge in [0.25, 0.3) is 5.91 Å². The third-order valence-electron chi connectivity index (χ3n) is 5.26. The molecule has 0 spiro atoms. The second-order valence-corrected chi connectivity index (χ2v) is 7.45. The molecule has 0 radical (unpaired) electrons. The second kappa shape index (κ2) is 8.25. The van der Waals surface area contributed by atoms with Crippen LogP contribution in [0.2, 0.25) is 5.02 Å². The van der Waals surface area contributed by atoms with Gasteiger partial charge in [0, 0.05) is 46.2 Å². The number of rotatable bonds is 2. The Morgan fingerprint density at radius 2 is 1.70 bits per heavy atom. The van der Waals surface area contributed by atoms with Crippen molar-refractivity contribution in [3.05, 3.63) is 34.6 Å². The molecule has 1 aromatic carbocycles. The Hall–Kier alpha value is -2.15. The monoisotopic (exact) mass is 395 g/mol. The predicted molar refractivity (Wildman–Crippen MR) is 98.9 cm³/mol. The number of halogens is 2. The fourth-order valence-corrected chi connectivity index (χ4v) is 3.93. The summed E-state index contributed by atoms with van der Waals surface area (Å²) in [5.41, 5.74) is 0.266. The SMILES string of the molecule is CC(=O)N1CCCC(C(=O)N2CCN(C(=O)c3ccc(F)cc3Cl)CC2)C1. The van der Waals surface area contributed by atoms with Gasteiger partial charge in [-0.3, -0.25) is 14.4 Å². The molecule has 8 heteroatoms. The Morgan fingerprint density at radius 1 is 1.04 bits per heavy atom. The molecule has 2 heterocycles. The molecule has 0 saturated carbocycles. The zero-order chi connectivity index (χ0) is 19.6. The zero-order valence-electron chi connectivity index (χ0n) is 15.3. The van der Waals surface area contributed by atoms with Crippen molar-refractivity contribution >= 4 is 29.3 Å². The van der Waals surface area contributed by atoms with Crippen LogP contribution >= 0.6 is 11.6 Å². The first-order valence-corrected chi connectivity index (χ1v) is 9.53. The lowest BCUT2D eigenvalue weighted by Crippen LogP contribution is -2.54. The molecule has 2 aliphatic rings. The van der Waals surface area contributed by atoms with E-state index in [1.54, 1.807) is 14.7 Å². The first kappa shape index (κ1) is 19.6. The van der Waals surface area contributed by atoms with Gasteiger partial charge in [0.05, 0.1) is 16.5 Å².